The number of hydrogen-bond acceptors (Lipinski definition) is 5. The average molecular weight is 466 g/mol. The number of nitrogens with one attached hydrogen (secondary N) is 1. The Morgan fingerprint density at radius 3 is 2.38 bits per heavy atom. The third-order valence-electron chi connectivity index (χ3n) is 6.78. The summed E-state index contributed by atoms with van der Waals surface area (Å²) < 4.78 is 10.6. The quantitative estimate of drug-likeness (QED) is 0.611. The highest BCUT2D eigenvalue weighted by molar-refractivity contribution is 5.97. The van der Waals surface area contributed by atoms with Crippen molar-refractivity contribution in [3.8, 4) is 11.5 Å². The molecular formula is C27H35N3O4. The molecule has 7 nitrogen and oxygen atoms in total. The summed E-state index contributed by atoms with van der Waals surface area (Å²) in [6.07, 6.45) is 4.83. The molecule has 0 radical (unpaired) electrons. The van der Waals surface area contributed by atoms with Gasteiger partial charge in [-0.25, -0.2) is 0 Å². The van der Waals surface area contributed by atoms with Crippen molar-refractivity contribution in [1.29, 1.82) is 0 Å². The zero-order valence-corrected chi connectivity index (χ0v) is 20.2. The zero-order valence-electron chi connectivity index (χ0n) is 20.2. The Bertz CT molecular complexity index is 986. The van der Waals surface area contributed by atoms with Gasteiger partial charge in [0.25, 0.3) is 0 Å². The van der Waals surface area contributed by atoms with E-state index >= 15 is 0 Å². The molecule has 182 valence electrons. The van der Waals surface area contributed by atoms with E-state index in [1.807, 2.05) is 30.3 Å². The predicted molar refractivity (Wildman–Crippen MR) is 132 cm³/mol. The molecule has 2 amide bonds. The van der Waals surface area contributed by atoms with Crippen LogP contribution in [0.5, 0.6) is 11.5 Å². The van der Waals surface area contributed by atoms with E-state index in [9.17, 15) is 9.59 Å². The highest BCUT2D eigenvalue weighted by Gasteiger charge is 2.34. The summed E-state index contributed by atoms with van der Waals surface area (Å²) in [4.78, 5) is 29.6. The molecule has 2 heterocycles. The van der Waals surface area contributed by atoms with E-state index < -0.39 is 0 Å². The van der Waals surface area contributed by atoms with Gasteiger partial charge in [0.15, 0.2) is 11.5 Å². The summed E-state index contributed by atoms with van der Waals surface area (Å²) in [5, 5.41) is 3.00. The highest BCUT2D eigenvalue weighted by atomic mass is 16.5. The Labute approximate surface area is 202 Å². The second-order valence-electron chi connectivity index (χ2n) is 9.20. The maximum absolute atomic E-state index is 12.8. The summed E-state index contributed by atoms with van der Waals surface area (Å²) in [6, 6.07) is 13.9. The smallest absolute Gasteiger partial charge is 0.229 e. The van der Waals surface area contributed by atoms with Crippen LogP contribution in [0.15, 0.2) is 42.5 Å². The van der Waals surface area contributed by atoms with E-state index in [1.54, 1.807) is 19.1 Å². The maximum atomic E-state index is 12.8. The number of piperidine rings is 1. The molecule has 1 atom stereocenters. The number of likely N-dealkylation sites (tertiary alicyclic amines) is 2. The summed E-state index contributed by atoms with van der Waals surface area (Å²) in [6.45, 7) is 4.31. The van der Waals surface area contributed by atoms with E-state index in [2.05, 4.69) is 22.3 Å². The third-order valence-corrected chi connectivity index (χ3v) is 6.78. The Kier molecular flexibility index (Phi) is 8.06. The minimum Gasteiger partial charge on any atom is -0.493 e. The van der Waals surface area contributed by atoms with Crippen molar-refractivity contribution in [2.75, 3.05) is 45.7 Å². The van der Waals surface area contributed by atoms with Gasteiger partial charge in [0.1, 0.15) is 0 Å². The number of amides is 2. The second-order valence-corrected chi connectivity index (χ2v) is 9.20. The van der Waals surface area contributed by atoms with Crippen molar-refractivity contribution in [1.82, 2.24) is 9.80 Å². The summed E-state index contributed by atoms with van der Waals surface area (Å²) in [5.74, 6) is 0.959. The number of carbonyl (C=O) groups is 2. The van der Waals surface area contributed by atoms with Gasteiger partial charge in [-0.05, 0) is 67.7 Å². The van der Waals surface area contributed by atoms with Gasteiger partial charge in [0.05, 0.1) is 20.1 Å². The zero-order chi connectivity index (χ0) is 23.9. The van der Waals surface area contributed by atoms with Crippen LogP contribution in [0.1, 0.15) is 36.8 Å². The molecule has 2 aliphatic rings. The monoisotopic (exact) mass is 465 g/mol. The van der Waals surface area contributed by atoms with Crippen molar-refractivity contribution in [2.45, 2.75) is 38.6 Å². The molecule has 0 spiro atoms. The van der Waals surface area contributed by atoms with Crippen molar-refractivity contribution >= 4 is 17.5 Å². The average Bonchev–Trinajstić information content (AvgIpc) is 3.25. The lowest BCUT2D eigenvalue weighted by Crippen LogP contribution is -2.30. The molecule has 2 saturated heterocycles. The van der Waals surface area contributed by atoms with Crippen LogP contribution in [0.4, 0.5) is 5.69 Å². The molecule has 0 bridgehead atoms. The predicted octanol–water partition coefficient (Wildman–Crippen LogP) is 3.72. The lowest BCUT2D eigenvalue weighted by Gasteiger charge is -2.26. The van der Waals surface area contributed by atoms with Crippen LogP contribution in [-0.4, -0.2) is 62.0 Å². The maximum Gasteiger partial charge on any atom is 0.229 e. The van der Waals surface area contributed by atoms with Gasteiger partial charge in [0.2, 0.25) is 11.8 Å². The minimum absolute atomic E-state index is 0.0255. The van der Waals surface area contributed by atoms with Gasteiger partial charge in [-0.1, -0.05) is 24.6 Å². The molecule has 2 aromatic carbocycles. The van der Waals surface area contributed by atoms with Crippen LogP contribution in [-0.2, 0) is 22.6 Å². The molecule has 7 heteroatoms. The Morgan fingerprint density at radius 1 is 0.971 bits per heavy atom. The fourth-order valence-electron chi connectivity index (χ4n) is 4.78. The second kappa shape index (κ2) is 11.4. The van der Waals surface area contributed by atoms with Crippen LogP contribution >= 0.6 is 0 Å². The summed E-state index contributed by atoms with van der Waals surface area (Å²) in [5.41, 5.74) is 3.10. The molecule has 0 aromatic heterocycles. The van der Waals surface area contributed by atoms with Crippen LogP contribution in [0, 0.1) is 5.92 Å². The van der Waals surface area contributed by atoms with E-state index in [0.717, 1.165) is 30.9 Å². The number of hydrogen-bond donors (Lipinski definition) is 1. The molecular weight excluding hydrogens is 430 g/mol. The molecule has 34 heavy (non-hydrogen) atoms. The van der Waals surface area contributed by atoms with Crippen LogP contribution in [0.3, 0.4) is 0 Å². The first-order valence-corrected chi connectivity index (χ1v) is 12.2. The Morgan fingerprint density at radius 2 is 1.68 bits per heavy atom. The third kappa shape index (κ3) is 6.08. The van der Waals surface area contributed by atoms with Crippen molar-refractivity contribution < 1.29 is 19.1 Å². The molecule has 1 N–H and O–H groups in total. The van der Waals surface area contributed by atoms with Gasteiger partial charge >= 0.3 is 0 Å². The van der Waals surface area contributed by atoms with Gasteiger partial charge in [-0.2, -0.15) is 0 Å². The Hall–Kier alpha value is -3.06. The van der Waals surface area contributed by atoms with E-state index in [1.165, 1.54) is 24.8 Å². The number of methoxy groups -OCH3 is 2. The standard InChI is InChI=1S/C27H35N3O4/c1-33-24-11-8-20(16-25(24)34-2)12-15-30-19-22(17-26(30)31)27(32)28-23-9-6-21(7-10-23)18-29-13-4-3-5-14-29/h6-11,16,22H,3-5,12-15,17-19H2,1-2H3,(H,28,32). The number of carbonyl (C=O) groups excluding carboxylic acids is 2. The first kappa shape index (κ1) is 24.1. The fourth-order valence-corrected chi connectivity index (χ4v) is 4.78. The van der Waals surface area contributed by atoms with E-state index in [4.69, 9.17) is 9.47 Å². The lowest BCUT2D eigenvalue weighted by atomic mass is 10.1. The first-order chi connectivity index (χ1) is 16.6. The first-order valence-electron chi connectivity index (χ1n) is 12.2. The van der Waals surface area contributed by atoms with Gasteiger partial charge < -0.3 is 19.7 Å². The number of anilines is 1. The number of nitrogens with zero attached hydrogens (tertiary/aromatic N) is 2. The molecule has 0 aliphatic carbocycles. The minimum atomic E-state index is -0.328. The molecule has 0 saturated carbocycles. The van der Waals surface area contributed by atoms with E-state index in [-0.39, 0.29) is 24.2 Å². The topological polar surface area (TPSA) is 71.1 Å². The fraction of sp³-hybridized carbons (Fsp3) is 0.481. The number of benzene rings is 2. The van der Waals surface area contributed by atoms with Crippen molar-refractivity contribution in [3.63, 3.8) is 0 Å². The van der Waals surface area contributed by atoms with Crippen molar-refractivity contribution in [3.05, 3.63) is 53.6 Å². The number of rotatable bonds is 9. The molecule has 2 aromatic rings. The molecule has 2 fully saturated rings. The summed E-state index contributed by atoms with van der Waals surface area (Å²) >= 11 is 0. The van der Waals surface area contributed by atoms with Crippen LogP contribution in [0.25, 0.3) is 0 Å². The van der Waals surface area contributed by atoms with Gasteiger partial charge in [0, 0.05) is 31.7 Å². The van der Waals surface area contributed by atoms with Crippen LogP contribution < -0.4 is 14.8 Å². The summed E-state index contributed by atoms with van der Waals surface area (Å²) in [7, 11) is 3.21. The normalized spacial score (nSPS) is 18.7. The highest BCUT2D eigenvalue weighted by Crippen LogP contribution is 2.28. The molecule has 4 rings (SSSR count). The van der Waals surface area contributed by atoms with Gasteiger partial charge in [-0.15, -0.1) is 0 Å². The molecule has 2 aliphatic heterocycles. The lowest BCUT2D eigenvalue weighted by molar-refractivity contribution is -0.128. The largest absolute Gasteiger partial charge is 0.493 e. The molecule has 1 unspecified atom stereocenters. The number of ether oxygens (including phenoxy) is 2. The van der Waals surface area contributed by atoms with Crippen molar-refractivity contribution in [2.24, 2.45) is 5.92 Å². The SMILES string of the molecule is COc1ccc(CCN2CC(C(=O)Nc3ccc(CN4CCCCC4)cc3)CC2=O)cc1OC. The Balaban J connectivity index is 1.26. The van der Waals surface area contributed by atoms with E-state index in [0.29, 0.717) is 31.0 Å². The van der Waals surface area contributed by atoms with Gasteiger partial charge in [-0.3, -0.25) is 14.5 Å². The van der Waals surface area contributed by atoms with Crippen LogP contribution in [0.2, 0.25) is 0 Å².